The third kappa shape index (κ3) is 3.78. The van der Waals surface area contributed by atoms with Crippen LogP contribution in [0.4, 0.5) is 0 Å². The van der Waals surface area contributed by atoms with E-state index in [9.17, 15) is 9.90 Å². The van der Waals surface area contributed by atoms with Gasteiger partial charge in [0.2, 0.25) is 0 Å². The Bertz CT molecular complexity index is 389. The number of carbonyl (C=O) groups is 1. The molecule has 2 unspecified atom stereocenters. The monoisotopic (exact) mass is 271 g/mol. The van der Waals surface area contributed by atoms with Crippen LogP contribution in [-0.4, -0.2) is 29.4 Å². The van der Waals surface area contributed by atoms with Crippen LogP contribution in [0.5, 0.6) is 0 Å². The van der Waals surface area contributed by atoms with Crippen LogP contribution < -0.4 is 5.32 Å². The van der Waals surface area contributed by atoms with Crippen molar-refractivity contribution >= 4 is 17.7 Å². The fourth-order valence-electron chi connectivity index (χ4n) is 1.69. The van der Waals surface area contributed by atoms with Crippen molar-refractivity contribution in [1.82, 2.24) is 5.32 Å². The highest BCUT2D eigenvalue weighted by Crippen LogP contribution is 2.18. The molecule has 5 heteroatoms. The molecule has 0 fully saturated rings. The Balaban J connectivity index is 2.67. The van der Waals surface area contributed by atoms with Crippen LogP contribution in [0, 0.1) is 5.92 Å². The quantitative estimate of drug-likeness (QED) is 0.780. The van der Waals surface area contributed by atoms with E-state index in [-0.39, 0.29) is 17.9 Å². The number of aliphatic hydroxyl groups is 1. The Labute approximate surface area is 112 Å². The second kappa shape index (κ2) is 6.85. The number of nitrogens with one attached hydrogen (secondary N) is 1. The summed E-state index contributed by atoms with van der Waals surface area (Å²) in [6.45, 7) is 5.81. The van der Waals surface area contributed by atoms with E-state index in [2.05, 4.69) is 5.32 Å². The molecule has 4 nitrogen and oxygen atoms in total. The van der Waals surface area contributed by atoms with E-state index in [4.69, 9.17) is 4.42 Å². The van der Waals surface area contributed by atoms with E-state index in [1.165, 1.54) is 18.0 Å². The van der Waals surface area contributed by atoms with Crippen LogP contribution in [0.15, 0.2) is 21.8 Å². The first-order valence-electron chi connectivity index (χ1n) is 6.11. The second-order valence-electron chi connectivity index (χ2n) is 4.58. The Morgan fingerprint density at radius 2 is 2.22 bits per heavy atom. The number of furan rings is 1. The zero-order chi connectivity index (χ0) is 13.7. The lowest BCUT2D eigenvalue weighted by molar-refractivity contribution is 0.0677. The summed E-state index contributed by atoms with van der Waals surface area (Å²) in [4.78, 5) is 12.0. The third-order valence-electron chi connectivity index (χ3n) is 2.89. The van der Waals surface area contributed by atoms with E-state index < -0.39 is 6.10 Å². The minimum Gasteiger partial charge on any atom is -0.457 e. The maximum atomic E-state index is 12.0. The van der Waals surface area contributed by atoms with E-state index in [1.54, 1.807) is 6.07 Å². The van der Waals surface area contributed by atoms with Gasteiger partial charge in [0, 0.05) is 6.07 Å². The van der Waals surface area contributed by atoms with Crippen LogP contribution in [0.25, 0.3) is 0 Å². The molecule has 2 atom stereocenters. The molecule has 0 aliphatic carbocycles. The molecule has 1 aromatic rings. The summed E-state index contributed by atoms with van der Waals surface area (Å²) in [6, 6.07) is 1.47. The van der Waals surface area contributed by atoms with Gasteiger partial charge in [-0.25, -0.2) is 0 Å². The third-order valence-corrected chi connectivity index (χ3v) is 3.51. The Morgan fingerprint density at radius 1 is 1.56 bits per heavy atom. The first-order valence-corrected chi connectivity index (χ1v) is 7.33. The fourth-order valence-corrected chi connectivity index (χ4v) is 2.08. The standard InChI is InChI=1S/C13H21NO3S/c1-5-10(12(15)8(2)3)14-13(16)9-6-11(18-4)17-7-9/h6-8,10,12,15H,5H2,1-4H3,(H,14,16). The van der Waals surface area contributed by atoms with Crippen molar-refractivity contribution in [2.75, 3.05) is 6.26 Å². The predicted molar refractivity (Wildman–Crippen MR) is 72.9 cm³/mol. The van der Waals surface area contributed by atoms with Crippen molar-refractivity contribution < 1.29 is 14.3 Å². The van der Waals surface area contributed by atoms with Gasteiger partial charge < -0.3 is 14.8 Å². The summed E-state index contributed by atoms with van der Waals surface area (Å²) in [5.41, 5.74) is 0.494. The molecular weight excluding hydrogens is 250 g/mol. The molecule has 0 spiro atoms. The second-order valence-corrected chi connectivity index (χ2v) is 5.39. The van der Waals surface area contributed by atoms with Gasteiger partial charge in [-0.1, -0.05) is 32.5 Å². The zero-order valence-electron chi connectivity index (χ0n) is 11.3. The van der Waals surface area contributed by atoms with Crippen LogP contribution in [0.1, 0.15) is 37.6 Å². The number of aliphatic hydroxyl groups excluding tert-OH is 1. The number of carbonyl (C=O) groups excluding carboxylic acids is 1. The smallest absolute Gasteiger partial charge is 0.254 e. The number of thioether (sulfide) groups is 1. The summed E-state index contributed by atoms with van der Waals surface area (Å²) in [5.74, 6) is -0.0908. The van der Waals surface area contributed by atoms with Gasteiger partial charge in [0.1, 0.15) is 6.26 Å². The lowest BCUT2D eigenvalue weighted by Gasteiger charge is -2.25. The van der Waals surface area contributed by atoms with E-state index in [1.807, 2.05) is 27.0 Å². The van der Waals surface area contributed by atoms with Crippen molar-refractivity contribution in [2.24, 2.45) is 5.92 Å². The van der Waals surface area contributed by atoms with E-state index >= 15 is 0 Å². The highest BCUT2D eigenvalue weighted by molar-refractivity contribution is 7.98. The maximum absolute atomic E-state index is 12.0. The average Bonchev–Trinajstić information content (AvgIpc) is 2.83. The molecular formula is C13H21NO3S. The van der Waals surface area contributed by atoms with Crippen molar-refractivity contribution in [3.05, 3.63) is 17.9 Å². The van der Waals surface area contributed by atoms with Gasteiger partial charge in [-0.2, -0.15) is 0 Å². The van der Waals surface area contributed by atoms with Crippen molar-refractivity contribution in [3.63, 3.8) is 0 Å². The molecule has 0 aliphatic heterocycles. The number of rotatable bonds is 6. The SMILES string of the molecule is CCC(NC(=O)c1coc(SC)c1)C(O)C(C)C. The van der Waals surface area contributed by atoms with Crippen LogP contribution >= 0.6 is 11.8 Å². The Kier molecular flexibility index (Phi) is 5.75. The molecule has 0 saturated heterocycles. The number of hydrogen-bond acceptors (Lipinski definition) is 4. The first kappa shape index (κ1) is 15.1. The predicted octanol–water partition coefficient (Wildman–Crippen LogP) is 2.53. The largest absolute Gasteiger partial charge is 0.457 e. The van der Waals surface area contributed by atoms with E-state index in [0.717, 1.165) is 0 Å². The molecule has 0 bridgehead atoms. The molecule has 2 N–H and O–H groups in total. The molecule has 0 aliphatic rings. The molecule has 0 saturated carbocycles. The van der Waals surface area contributed by atoms with Gasteiger partial charge in [0.15, 0.2) is 5.09 Å². The highest BCUT2D eigenvalue weighted by Gasteiger charge is 2.23. The van der Waals surface area contributed by atoms with Gasteiger partial charge in [0.25, 0.3) is 5.91 Å². The molecule has 1 amide bonds. The molecule has 0 aromatic carbocycles. The van der Waals surface area contributed by atoms with Crippen molar-refractivity contribution in [2.45, 2.75) is 44.4 Å². The topological polar surface area (TPSA) is 62.5 Å². The van der Waals surface area contributed by atoms with Gasteiger partial charge >= 0.3 is 0 Å². The normalized spacial score (nSPS) is 14.6. The summed E-state index contributed by atoms with van der Waals surface area (Å²) in [6.07, 6.45) is 3.48. The minimum atomic E-state index is -0.536. The van der Waals surface area contributed by atoms with Gasteiger partial charge in [-0.3, -0.25) is 4.79 Å². The Morgan fingerprint density at radius 3 is 2.67 bits per heavy atom. The molecule has 1 aromatic heterocycles. The molecule has 0 radical (unpaired) electrons. The average molecular weight is 271 g/mol. The lowest BCUT2D eigenvalue weighted by Crippen LogP contribution is -2.45. The summed E-state index contributed by atoms with van der Waals surface area (Å²) < 4.78 is 5.20. The van der Waals surface area contributed by atoms with Gasteiger partial charge in [-0.15, -0.1) is 0 Å². The van der Waals surface area contributed by atoms with Gasteiger partial charge in [0.05, 0.1) is 17.7 Å². The molecule has 102 valence electrons. The van der Waals surface area contributed by atoms with E-state index in [0.29, 0.717) is 17.1 Å². The number of amides is 1. The summed E-state index contributed by atoms with van der Waals surface area (Å²) in [5, 5.41) is 13.5. The van der Waals surface area contributed by atoms with Gasteiger partial charge in [-0.05, 0) is 18.6 Å². The summed E-state index contributed by atoms with van der Waals surface area (Å²) >= 11 is 1.45. The highest BCUT2D eigenvalue weighted by atomic mass is 32.2. The molecule has 1 rings (SSSR count). The lowest BCUT2D eigenvalue weighted by atomic mass is 9.97. The van der Waals surface area contributed by atoms with Crippen LogP contribution in [-0.2, 0) is 0 Å². The minimum absolute atomic E-state index is 0.112. The molecule has 1 heterocycles. The maximum Gasteiger partial charge on any atom is 0.254 e. The first-order chi connectivity index (χ1) is 8.49. The van der Waals surface area contributed by atoms with Crippen molar-refractivity contribution in [3.8, 4) is 0 Å². The Hall–Kier alpha value is -0.940. The van der Waals surface area contributed by atoms with Crippen LogP contribution in [0.3, 0.4) is 0 Å². The van der Waals surface area contributed by atoms with Crippen LogP contribution in [0.2, 0.25) is 0 Å². The molecule has 18 heavy (non-hydrogen) atoms. The number of hydrogen-bond donors (Lipinski definition) is 2. The zero-order valence-corrected chi connectivity index (χ0v) is 12.1. The fraction of sp³-hybridized carbons (Fsp3) is 0.615. The van der Waals surface area contributed by atoms with Crippen molar-refractivity contribution in [1.29, 1.82) is 0 Å². The summed E-state index contributed by atoms with van der Waals surface area (Å²) in [7, 11) is 0.